The maximum Gasteiger partial charge on any atom is 0.229 e. The second-order valence-corrected chi connectivity index (χ2v) is 8.66. The van der Waals surface area contributed by atoms with Crippen molar-refractivity contribution in [3.05, 3.63) is 35.5 Å². The molecule has 1 aromatic heterocycles. The number of aryl methyl sites for hydroxylation is 2. The Bertz CT molecular complexity index is 1000. The number of aromatic nitrogens is 2. The van der Waals surface area contributed by atoms with Gasteiger partial charge in [-0.15, -0.1) is 0 Å². The molecule has 0 bridgehead atoms. The molecule has 2 aliphatic rings. The van der Waals surface area contributed by atoms with Crippen LogP contribution in [0.15, 0.2) is 24.4 Å². The van der Waals surface area contributed by atoms with Crippen molar-refractivity contribution in [2.45, 2.75) is 33.1 Å². The van der Waals surface area contributed by atoms with Crippen LogP contribution in [-0.4, -0.2) is 55.5 Å². The van der Waals surface area contributed by atoms with Gasteiger partial charge in [-0.1, -0.05) is 6.07 Å². The summed E-state index contributed by atoms with van der Waals surface area (Å²) < 4.78 is 0. The van der Waals surface area contributed by atoms with Gasteiger partial charge in [0.15, 0.2) is 5.82 Å². The first-order valence-electron chi connectivity index (χ1n) is 10.8. The molecule has 1 N–H and O–H groups in total. The van der Waals surface area contributed by atoms with E-state index in [4.69, 9.17) is 0 Å². The SMILES string of the molecule is Cc1ccc(N2CC(C(=O)Nc3cnc(N4CCCC4)nc3N(C)C)CC2=O)cc1C. The van der Waals surface area contributed by atoms with E-state index in [9.17, 15) is 9.59 Å². The van der Waals surface area contributed by atoms with Crippen LogP contribution in [0.25, 0.3) is 0 Å². The summed E-state index contributed by atoms with van der Waals surface area (Å²) in [5.74, 6) is 0.733. The standard InChI is InChI=1S/C23H30N6O2/c1-15-7-8-18(11-16(15)2)29-14-17(12-20(29)30)22(31)25-19-13-24-23(26-21(19)27(3)4)28-9-5-6-10-28/h7-8,11,13,17H,5-6,9-10,12,14H2,1-4H3,(H,25,31). The Morgan fingerprint density at radius 2 is 1.90 bits per heavy atom. The van der Waals surface area contributed by atoms with Crippen LogP contribution in [0.5, 0.6) is 0 Å². The first kappa shape index (κ1) is 21.1. The number of rotatable bonds is 5. The Morgan fingerprint density at radius 3 is 2.58 bits per heavy atom. The van der Waals surface area contributed by atoms with Crippen molar-refractivity contribution in [1.29, 1.82) is 0 Å². The molecule has 8 nitrogen and oxygen atoms in total. The lowest BCUT2D eigenvalue weighted by Gasteiger charge is -2.22. The van der Waals surface area contributed by atoms with Crippen LogP contribution < -0.4 is 20.0 Å². The maximum atomic E-state index is 13.0. The molecule has 1 aromatic carbocycles. The van der Waals surface area contributed by atoms with Crippen molar-refractivity contribution < 1.29 is 9.59 Å². The summed E-state index contributed by atoms with van der Waals surface area (Å²) in [5, 5.41) is 2.96. The molecule has 2 fully saturated rings. The smallest absolute Gasteiger partial charge is 0.229 e. The Kier molecular flexibility index (Phi) is 5.80. The second-order valence-electron chi connectivity index (χ2n) is 8.66. The van der Waals surface area contributed by atoms with Crippen molar-refractivity contribution >= 4 is 35.0 Å². The summed E-state index contributed by atoms with van der Waals surface area (Å²) in [6, 6.07) is 5.95. The van der Waals surface area contributed by atoms with Crippen molar-refractivity contribution in [3.8, 4) is 0 Å². The monoisotopic (exact) mass is 422 g/mol. The van der Waals surface area contributed by atoms with E-state index in [1.54, 1.807) is 11.1 Å². The molecule has 0 spiro atoms. The third-order valence-corrected chi connectivity index (χ3v) is 6.12. The van der Waals surface area contributed by atoms with E-state index in [2.05, 4.69) is 20.2 Å². The molecule has 8 heteroatoms. The van der Waals surface area contributed by atoms with E-state index in [0.29, 0.717) is 24.0 Å². The number of amides is 2. The lowest BCUT2D eigenvalue weighted by molar-refractivity contribution is -0.122. The van der Waals surface area contributed by atoms with Crippen molar-refractivity contribution in [3.63, 3.8) is 0 Å². The lowest BCUT2D eigenvalue weighted by atomic mass is 10.1. The zero-order valence-electron chi connectivity index (χ0n) is 18.7. The van der Waals surface area contributed by atoms with Crippen LogP contribution in [0.4, 0.5) is 23.1 Å². The largest absolute Gasteiger partial charge is 0.361 e. The Hall–Kier alpha value is -3.16. The quantitative estimate of drug-likeness (QED) is 0.798. The third kappa shape index (κ3) is 4.33. The maximum absolute atomic E-state index is 13.0. The van der Waals surface area contributed by atoms with Gasteiger partial charge in [-0.05, 0) is 49.9 Å². The molecule has 2 amide bonds. The van der Waals surface area contributed by atoms with Gasteiger partial charge in [-0.2, -0.15) is 4.98 Å². The van der Waals surface area contributed by atoms with Gasteiger partial charge in [-0.3, -0.25) is 9.59 Å². The average Bonchev–Trinajstić information content (AvgIpc) is 3.40. The van der Waals surface area contributed by atoms with Crippen LogP contribution in [0.1, 0.15) is 30.4 Å². The minimum absolute atomic E-state index is 0.0307. The van der Waals surface area contributed by atoms with Gasteiger partial charge in [0.25, 0.3) is 0 Å². The van der Waals surface area contributed by atoms with Gasteiger partial charge in [0.05, 0.1) is 12.1 Å². The number of hydrogen-bond donors (Lipinski definition) is 1. The molecule has 2 aromatic rings. The first-order chi connectivity index (χ1) is 14.8. The van der Waals surface area contributed by atoms with Gasteiger partial charge in [-0.25, -0.2) is 4.98 Å². The van der Waals surface area contributed by atoms with E-state index in [-0.39, 0.29) is 18.2 Å². The summed E-state index contributed by atoms with van der Waals surface area (Å²) >= 11 is 0. The first-order valence-corrected chi connectivity index (χ1v) is 10.8. The summed E-state index contributed by atoms with van der Waals surface area (Å²) in [6.07, 6.45) is 4.16. The van der Waals surface area contributed by atoms with Gasteiger partial charge in [0.1, 0.15) is 5.69 Å². The van der Waals surface area contributed by atoms with Gasteiger partial charge >= 0.3 is 0 Å². The normalized spacial score (nSPS) is 18.6. The Balaban J connectivity index is 1.49. The van der Waals surface area contributed by atoms with Crippen molar-refractivity contribution in [1.82, 2.24) is 9.97 Å². The molecule has 0 aliphatic carbocycles. The van der Waals surface area contributed by atoms with Crippen LogP contribution >= 0.6 is 0 Å². The van der Waals surface area contributed by atoms with E-state index in [0.717, 1.165) is 37.2 Å². The fourth-order valence-electron chi connectivity index (χ4n) is 4.12. The predicted molar refractivity (Wildman–Crippen MR) is 123 cm³/mol. The fraction of sp³-hybridized carbons (Fsp3) is 0.478. The second kappa shape index (κ2) is 8.53. The number of anilines is 4. The minimum atomic E-state index is -0.414. The Morgan fingerprint density at radius 1 is 1.16 bits per heavy atom. The lowest BCUT2D eigenvalue weighted by Crippen LogP contribution is -2.29. The summed E-state index contributed by atoms with van der Waals surface area (Å²) in [6.45, 7) is 6.35. The zero-order valence-corrected chi connectivity index (χ0v) is 18.7. The highest BCUT2D eigenvalue weighted by Crippen LogP contribution is 2.30. The highest BCUT2D eigenvalue weighted by molar-refractivity contribution is 6.04. The molecule has 2 saturated heterocycles. The van der Waals surface area contributed by atoms with E-state index in [1.807, 2.05) is 51.0 Å². The van der Waals surface area contributed by atoms with Gasteiger partial charge in [0, 0.05) is 45.8 Å². The molecule has 0 radical (unpaired) electrons. The highest BCUT2D eigenvalue weighted by Gasteiger charge is 2.35. The van der Waals surface area contributed by atoms with Gasteiger partial charge < -0.3 is 20.0 Å². The molecule has 4 rings (SSSR count). The predicted octanol–water partition coefficient (Wildman–Crippen LogP) is 2.75. The molecular formula is C23H30N6O2. The zero-order chi connectivity index (χ0) is 22.1. The molecule has 0 saturated carbocycles. The molecular weight excluding hydrogens is 392 g/mol. The summed E-state index contributed by atoms with van der Waals surface area (Å²) in [4.78, 5) is 40.5. The fourth-order valence-corrected chi connectivity index (χ4v) is 4.12. The number of benzene rings is 1. The number of hydrogen-bond acceptors (Lipinski definition) is 6. The van der Waals surface area contributed by atoms with E-state index >= 15 is 0 Å². The number of carbonyl (C=O) groups excluding carboxylic acids is 2. The van der Waals surface area contributed by atoms with E-state index in [1.165, 1.54) is 5.56 Å². The van der Waals surface area contributed by atoms with Crippen molar-refractivity contribution in [2.75, 3.05) is 53.7 Å². The average molecular weight is 423 g/mol. The van der Waals surface area contributed by atoms with Crippen LogP contribution in [0.3, 0.4) is 0 Å². The molecule has 2 aliphatic heterocycles. The van der Waals surface area contributed by atoms with Crippen molar-refractivity contribution in [2.24, 2.45) is 5.92 Å². The topological polar surface area (TPSA) is 81.7 Å². The molecule has 164 valence electrons. The number of nitrogens with one attached hydrogen (secondary N) is 1. The highest BCUT2D eigenvalue weighted by atomic mass is 16.2. The minimum Gasteiger partial charge on any atom is -0.361 e. The van der Waals surface area contributed by atoms with Crippen LogP contribution in [-0.2, 0) is 9.59 Å². The summed E-state index contributed by atoms with van der Waals surface area (Å²) in [7, 11) is 3.79. The van der Waals surface area contributed by atoms with Crippen LogP contribution in [0, 0.1) is 19.8 Å². The molecule has 3 heterocycles. The van der Waals surface area contributed by atoms with E-state index < -0.39 is 5.92 Å². The number of carbonyl (C=O) groups is 2. The molecule has 31 heavy (non-hydrogen) atoms. The number of nitrogens with zero attached hydrogens (tertiary/aromatic N) is 5. The molecule has 1 atom stereocenters. The third-order valence-electron chi connectivity index (χ3n) is 6.12. The summed E-state index contributed by atoms with van der Waals surface area (Å²) in [5.41, 5.74) is 3.72. The molecule has 1 unspecified atom stereocenters. The Labute approximate surface area is 183 Å². The van der Waals surface area contributed by atoms with Crippen LogP contribution in [0.2, 0.25) is 0 Å². The van der Waals surface area contributed by atoms with Gasteiger partial charge in [0.2, 0.25) is 17.8 Å².